The molecule has 0 spiro atoms. The minimum atomic E-state index is -0.0193. The van der Waals surface area contributed by atoms with Crippen LogP contribution in [0.25, 0.3) is 33.4 Å². The van der Waals surface area contributed by atoms with Gasteiger partial charge >= 0.3 is 0 Å². The maximum absolute atomic E-state index is 12.9. The molecule has 0 fully saturated rings. The number of hydrogen-bond acceptors (Lipinski definition) is 4. The van der Waals surface area contributed by atoms with Crippen LogP contribution in [0.5, 0.6) is 11.5 Å². The largest absolute Gasteiger partial charge is 0.482 e. The summed E-state index contributed by atoms with van der Waals surface area (Å²) in [7, 11) is 0. The minimum Gasteiger partial charge on any atom is -0.482 e. The van der Waals surface area contributed by atoms with E-state index in [4.69, 9.17) is 32.7 Å². The topological polar surface area (TPSA) is 59.1 Å². The van der Waals surface area contributed by atoms with Crippen LogP contribution in [0.15, 0.2) is 72.8 Å². The summed E-state index contributed by atoms with van der Waals surface area (Å²) in [6, 6.07) is 23.8. The third kappa shape index (κ3) is 8.29. The molecule has 0 bridgehead atoms. The standard InChI is InChI=1S/C44H50Cl2N2O4/c1-27(2)13-15-29(5)23-47-37-19-17-31(21-39(37)51-25-41(47)49)33-9-7-11-35(43(33)45)36-12-8-10-34(44(36)46)32-18-20-38-40(22-32)52-26-42(50)48(38)24-30(6)16-14-28(3)4/h7-12,17-22,27-30H,13-16,23-26H2,1-6H3/t29-,30-/m0/s1. The molecule has 6 rings (SSSR count). The van der Waals surface area contributed by atoms with E-state index in [0.29, 0.717) is 58.3 Å². The van der Waals surface area contributed by atoms with Gasteiger partial charge < -0.3 is 19.3 Å². The van der Waals surface area contributed by atoms with Gasteiger partial charge in [-0.2, -0.15) is 0 Å². The van der Waals surface area contributed by atoms with E-state index in [9.17, 15) is 9.59 Å². The maximum Gasteiger partial charge on any atom is 0.265 e. The van der Waals surface area contributed by atoms with Crippen molar-refractivity contribution in [1.82, 2.24) is 0 Å². The highest BCUT2D eigenvalue weighted by Crippen LogP contribution is 2.45. The summed E-state index contributed by atoms with van der Waals surface area (Å²) in [6.45, 7) is 14.7. The fourth-order valence-electron chi connectivity index (χ4n) is 7.11. The predicted octanol–water partition coefficient (Wildman–Crippen LogP) is 11.6. The zero-order chi connectivity index (χ0) is 37.1. The molecule has 4 aromatic carbocycles. The second kappa shape index (κ2) is 16.3. The summed E-state index contributed by atoms with van der Waals surface area (Å²) in [6.07, 6.45) is 4.40. The molecule has 0 radical (unpaired) electrons. The second-order valence-corrected chi connectivity index (χ2v) is 16.2. The van der Waals surface area contributed by atoms with Crippen LogP contribution in [-0.4, -0.2) is 38.1 Å². The molecule has 0 unspecified atom stereocenters. The van der Waals surface area contributed by atoms with Crippen molar-refractivity contribution < 1.29 is 19.1 Å². The Morgan fingerprint density at radius 1 is 0.558 bits per heavy atom. The molecule has 0 N–H and O–H groups in total. The van der Waals surface area contributed by atoms with Crippen molar-refractivity contribution >= 4 is 46.4 Å². The van der Waals surface area contributed by atoms with Gasteiger partial charge in [0.1, 0.15) is 11.5 Å². The van der Waals surface area contributed by atoms with E-state index in [-0.39, 0.29) is 25.0 Å². The van der Waals surface area contributed by atoms with Gasteiger partial charge in [0.05, 0.1) is 21.4 Å². The summed E-state index contributed by atoms with van der Waals surface area (Å²) < 4.78 is 11.9. The van der Waals surface area contributed by atoms with Gasteiger partial charge in [-0.3, -0.25) is 9.59 Å². The van der Waals surface area contributed by atoms with E-state index in [2.05, 4.69) is 41.5 Å². The average Bonchev–Trinajstić information content (AvgIpc) is 3.12. The molecule has 0 saturated carbocycles. The Labute approximate surface area is 319 Å². The molecule has 0 aliphatic carbocycles. The number of hydrogen-bond donors (Lipinski definition) is 0. The van der Waals surface area contributed by atoms with Crippen molar-refractivity contribution in [2.75, 3.05) is 36.1 Å². The molecule has 8 heteroatoms. The molecule has 0 saturated heterocycles. The molecule has 4 aromatic rings. The Morgan fingerprint density at radius 2 is 0.942 bits per heavy atom. The summed E-state index contributed by atoms with van der Waals surface area (Å²) in [4.78, 5) is 29.6. The highest BCUT2D eigenvalue weighted by Gasteiger charge is 2.29. The first-order valence-electron chi connectivity index (χ1n) is 18.6. The molecule has 0 aromatic heterocycles. The van der Waals surface area contributed by atoms with Crippen molar-refractivity contribution in [1.29, 1.82) is 0 Å². The number of ether oxygens (including phenoxy) is 2. The van der Waals surface area contributed by atoms with Gasteiger partial charge in [-0.25, -0.2) is 0 Å². The zero-order valence-electron chi connectivity index (χ0n) is 31.2. The van der Waals surface area contributed by atoms with Crippen LogP contribution in [-0.2, 0) is 9.59 Å². The first kappa shape index (κ1) is 37.7. The number of fused-ring (bicyclic) bond motifs is 2. The van der Waals surface area contributed by atoms with E-state index < -0.39 is 0 Å². The summed E-state index contributed by atoms with van der Waals surface area (Å²) in [5.74, 6) is 3.33. The normalized spacial score (nSPS) is 15.3. The number of nitrogens with zero attached hydrogens (tertiary/aromatic N) is 2. The Bertz CT molecular complexity index is 1800. The average molecular weight is 742 g/mol. The van der Waals surface area contributed by atoms with Crippen molar-refractivity contribution in [3.05, 3.63) is 82.8 Å². The first-order chi connectivity index (χ1) is 24.9. The fraction of sp³-hybridized carbons (Fsp3) is 0.409. The monoisotopic (exact) mass is 740 g/mol. The zero-order valence-corrected chi connectivity index (χ0v) is 32.7. The smallest absolute Gasteiger partial charge is 0.265 e. The van der Waals surface area contributed by atoms with E-state index >= 15 is 0 Å². The lowest BCUT2D eigenvalue weighted by molar-refractivity contribution is -0.122. The lowest BCUT2D eigenvalue weighted by atomic mass is 9.95. The molecule has 2 atom stereocenters. The van der Waals surface area contributed by atoms with E-state index in [1.54, 1.807) is 0 Å². The number of anilines is 2. The van der Waals surface area contributed by atoms with Crippen LogP contribution < -0.4 is 19.3 Å². The Kier molecular flexibility index (Phi) is 11.9. The van der Waals surface area contributed by atoms with Crippen molar-refractivity contribution in [2.45, 2.75) is 67.2 Å². The maximum atomic E-state index is 12.9. The number of carbonyl (C=O) groups is 2. The molecule has 274 valence electrons. The van der Waals surface area contributed by atoms with Gasteiger partial charge in [0.15, 0.2) is 13.2 Å². The van der Waals surface area contributed by atoms with E-state index in [0.717, 1.165) is 70.4 Å². The summed E-state index contributed by atoms with van der Waals surface area (Å²) in [5, 5.41) is 1.14. The van der Waals surface area contributed by atoms with Gasteiger partial charge in [-0.15, -0.1) is 0 Å². The lowest BCUT2D eigenvalue weighted by Crippen LogP contribution is -2.41. The number of amides is 2. The molecular weight excluding hydrogens is 691 g/mol. The van der Waals surface area contributed by atoms with Crippen molar-refractivity contribution in [2.24, 2.45) is 23.7 Å². The Hall–Kier alpha value is -4.00. The SMILES string of the molecule is CC(C)CC[C@H](C)CN1C(=O)COc2cc(-c3cccc(-c4cccc(-c5ccc6c(c5)OCC(=O)N6C[C@@H](C)CCC(C)C)c4Cl)c3Cl)ccc21. The molecule has 6 nitrogen and oxygen atoms in total. The number of rotatable bonds is 13. The molecule has 2 amide bonds. The third-order valence-corrected chi connectivity index (χ3v) is 11.0. The summed E-state index contributed by atoms with van der Waals surface area (Å²) >= 11 is 14.4. The van der Waals surface area contributed by atoms with Crippen LogP contribution in [0.1, 0.15) is 67.2 Å². The van der Waals surface area contributed by atoms with Gasteiger partial charge in [0, 0.05) is 35.3 Å². The number of carbonyl (C=O) groups excluding carboxylic acids is 2. The first-order valence-corrected chi connectivity index (χ1v) is 19.4. The highest BCUT2D eigenvalue weighted by atomic mass is 35.5. The number of benzene rings is 4. The quantitative estimate of drug-likeness (QED) is 0.137. The lowest BCUT2D eigenvalue weighted by Gasteiger charge is -2.32. The van der Waals surface area contributed by atoms with Crippen LogP contribution in [0.3, 0.4) is 0 Å². The van der Waals surface area contributed by atoms with Crippen molar-refractivity contribution in [3.63, 3.8) is 0 Å². The minimum absolute atomic E-state index is 0.0169. The van der Waals surface area contributed by atoms with E-state index in [1.807, 2.05) is 82.6 Å². The summed E-state index contributed by atoms with van der Waals surface area (Å²) in [5.41, 5.74) is 6.67. The molecule has 2 aliphatic rings. The van der Waals surface area contributed by atoms with Crippen LogP contribution in [0.2, 0.25) is 10.0 Å². The Morgan fingerprint density at radius 3 is 1.33 bits per heavy atom. The van der Waals surface area contributed by atoms with Crippen molar-refractivity contribution in [3.8, 4) is 44.9 Å². The molecule has 2 aliphatic heterocycles. The fourth-order valence-corrected chi connectivity index (χ4v) is 7.79. The van der Waals surface area contributed by atoms with Crippen LogP contribution in [0.4, 0.5) is 11.4 Å². The molecular formula is C44H50Cl2N2O4. The Balaban J connectivity index is 1.26. The molecule has 52 heavy (non-hydrogen) atoms. The highest BCUT2D eigenvalue weighted by molar-refractivity contribution is 6.39. The van der Waals surface area contributed by atoms with Crippen LogP contribution >= 0.6 is 23.2 Å². The second-order valence-electron chi connectivity index (χ2n) is 15.4. The molecule has 2 heterocycles. The van der Waals surface area contributed by atoms with Gasteiger partial charge in [-0.1, -0.05) is 126 Å². The van der Waals surface area contributed by atoms with Gasteiger partial charge in [0.2, 0.25) is 0 Å². The number of halogens is 2. The van der Waals surface area contributed by atoms with Gasteiger partial charge in [0.25, 0.3) is 11.8 Å². The van der Waals surface area contributed by atoms with Gasteiger partial charge in [-0.05, 0) is 71.9 Å². The predicted molar refractivity (Wildman–Crippen MR) is 215 cm³/mol. The van der Waals surface area contributed by atoms with Crippen LogP contribution in [0, 0.1) is 23.7 Å². The third-order valence-electron chi connectivity index (χ3n) is 10.2. The van der Waals surface area contributed by atoms with E-state index in [1.165, 1.54) is 0 Å².